The largest absolute Gasteiger partial charge is 0.465 e. The molecule has 0 aliphatic rings. The second-order valence-electron chi connectivity index (χ2n) is 5.15. The summed E-state index contributed by atoms with van der Waals surface area (Å²) in [6.45, 7) is 5.57. The monoisotopic (exact) mass is 296 g/mol. The minimum absolute atomic E-state index is 0.110. The predicted molar refractivity (Wildman–Crippen MR) is 78.6 cm³/mol. The van der Waals surface area contributed by atoms with E-state index in [0.717, 1.165) is 0 Å². The Balaban J connectivity index is 3.18. The average molecular weight is 296 g/mol. The lowest BCUT2D eigenvalue weighted by Gasteiger charge is -2.31. The first-order valence-corrected chi connectivity index (χ1v) is 6.41. The van der Waals surface area contributed by atoms with Crippen molar-refractivity contribution in [2.75, 3.05) is 19.5 Å². The third kappa shape index (κ3) is 3.91. The fraction of sp³-hybridized carbons (Fsp3) is 0.500. The van der Waals surface area contributed by atoms with Crippen molar-refractivity contribution in [3.05, 3.63) is 33.9 Å². The average Bonchev–Trinajstić information content (AvgIpc) is 2.45. The van der Waals surface area contributed by atoms with Gasteiger partial charge in [-0.05, 0) is 32.9 Å². The molecule has 0 saturated heterocycles. The molecule has 1 aromatic carbocycles. The summed E-state index contributed by atoms with van der Waals surface area (Å²) in [6.07, 6.45) is 0. The van der Waals surface area contributed by atoms with E-state index in [1.54, 1.807) is 7.11 Å². The number of carbonyl (C=O) groups excluding carboxylic acids is 1. The van der Waals surface area contributed by atoms with Crippen molar-refractivity contribution in [3.8, 4) is 0 Å². The summed E-state index contributed by atoms with van der Waals surface area (Å²) in [5.74, 6) is -0.549. The van der Waals surface area contributed by atoms with Crippen molar-refractivity contribution in [2.45, 2.75) is 32.4 Å². The molecule has 1 N–H and O–H groups in total. The molecule has 0 bridgehead atoms. The Labute approximate surface area is 123 Å². The quantitative estimate of drug-likeness (QED) is 0.493. The van der Waals surface area contributed by atoms with Crippen LogP contribution in [0.25, 0.3) is 0 Å². The van der Waals surface area contributed by atoms with Gasteiger partial charge in [0.1, 0.15) is 5.69 Å². The van der Waals surface area contributed by atoms with Gasteiger partial charge in [-0.1, -0.05) is 0 Å². The molecule has 116 valence electrons. The number of hydrogen-bond acceptors (Lipinski definition) is 6. The van der Waals surface area contributed by atoms with Gasteiger partial charge in [0.2, 0.25) is 0 Å². The first-order valence-electron chi connectivity index (χ1n) is 6.41. The SMILES string of the molecule is COC(=O)c1ccc([N+](=O)[O-])c(N[C@H](C)C(C)(C)OC)c1. The number of nitrogens with zero attached hydrogens (tertiary/aromatic N) is 1. The van der Waals surface area contributed by atoms with Gasteiger partial charge < -0.3 is 14.8 Å². The topological polar surface area (TPSA) is 90.7 Å². The first-order chi connectivity index (χ1) is 9.72. The number of anilines is 1. The number of nitrogens with one attached hydrogen (secondary N) is 1. The maximum Gasteiger partial charge on any atom is 0.337 e. The molecule has 0 radical (unpaired) electrons. The predicted octanol–water partition coefficient (Wildman–Crippen LogP) is 2.61. The minimum atomic E-state index is -0.549. The molecule has 0 amide bonds. The zero-order valence-corrected chi connectivity index (χ0v) is 12.8. The molecule has 0 fully saturated rings. The molecule has 7 nitrogen and oxygen atoms in total. The maximum absolute atomic E-state index is 11.5. The van der Waals surface area contributed by atoms with Gasteiger partial charge in [-0.3, -0.25) is 10.1 Å². The minimum Gasteiger partial charge on any atom is -0.465 e. The van der Waals surface area contributed by atoms with Gasteiger partial charge in [-0.15, -0.1) is 0 Å². The number of ether oxygens (including phenoxy) is 2. The Bertz CT molecular complexity index is 542. The Kier molecular flexibility index (Phi) is 5.26. The lowest BCUT2D eigenvalue weighted by molar-refractivity contribution is -0.384. The van der Waals surface area contributed by atoms with Gasteiger partial charge in [0.15, 0.2) is 0 Å². The third-order valence-corrected chi connectivity index (χ3v) is 3.56. The van der Waals surface area contributed by atoms with Crippen molar-refractivity contribution in [1.82, 2.24) is 0 Å². The van der Waals surface area contributed by atoms with Crippen LogP contribution >= 0.6 is 0 Å². The number of hydrogen-bond donors (Lipinski definition) is 1. The van der Waals surface area contributed by atoms with Gasteiger partial charge in [-0.2, -0.15) is 0 Å². The van der Waals surface area contributed by atoms with E-state index in [4.69, 9.17) is 4.74 Å². The van der Waals surface area contributed by atoms with E-state index < -0.39 is 16.5 Å². The van der Waals surface area contributed by atoms with Gasteiger partial charge in [0.25, 0.3) is 5.69 Å². The molecule has 7 heteroatoms. The molecule has 0 spiro atoms. The van der Waals surface area contributed by atoms with Gasteiger partial charge in [0, 0.05) is 13.2 Å². The highest BCUT2D eigenvalue weighted by atomic mass is 16.6. The highest BCUT2D eigenvalue weighted by Crippen LogP contribution is 2.28. The molecule has 1 aromatic rings. The molecule has 0 aliphatic carbocycles. The van der Waals surface area contributed by atoms with Crippen LogP contribution in [0.4, 0.5) is 11.4 Å². The van der Waals surface area contributed by atoms with Gasteiger partial charge in [-0.25, -0.2) is 4.79 Å². The van der Waals surface area contributed by atoms with E-state index >= 15 is 0 Å². The number of nitro benzene ring substituents is 1. The molecule has 0 aromatic heterocycles. The smallest absolute Gasteiger partial charge is 0.337 e. The van der Waals surface area contributed by atoms with E-state index in [1.807, 2.05) is 20.8 Å². The molecule has 0 saturated carbocycles. The Morgan fingerprint density at radius 1 is 1.38 bits per heavy atom. The number of nitro groups is 1. The molecule has 1 rings (SSSR count). The van der Waals surface area contributed by atoms with Gasteiger partial charge >= 0.3 is 5.97 Å². The first kappa shape index (κ1) is 16.9. The summed E-state index contributed by atoms with van der Waals surface area (Å²) >= 11 is 0. The molecule has 0 heterocycles. The summed E-state index contributed by atoms with van der Waals surface area (Å²) in [5.41, 5.74) is -0.148. The second kappa shape index (κ2) is 6.53. The molecular weight excluding hydrogens is 276 g/mol. The van der Waals surface area contributed by atoms with E-state index in [9.17, 15) is 14.9 Å². The van der Waals surface area contributed by atoms with Crippen molar-refractivity contribution in [1.29, 1.82) is 0 Å². The molecule has 1 atom stereocenters. The van der Waals surface area contributed by atoms with Crippen LogP contribution in [0.3, 0.4) is 0 Å². The lowest BCUT2D eigenvalue weighted by atomic mass is 9.99. The fourth-order valence-corrected chi connectivity index (χ4v) is 1.64. The van der Waals surface area contributed by atoms with Gasteiger partial charge in [0.05, 0.1) is 29.2 Å². The summed E-state index contributed by atoms with van der Waals surface area (Å²) in [6, 6.07) is 3.84. The standard InChI is InChI=1S/C14H20N2O5/c1-9(14(2,3)21-5)15-11-8-10(13(17)20-4)6-7-12(11)16(18)19/h6-9,15H,1-5H3/t9-/m1/s1. The lowest BCUT2D eigenvalue weighted by Crippen LogP contribution is -2.41. The van der Waals surface area contributed by atoms with Crippen molar-refractivity contribution in [2.24, 2.45) is 0 Å². The fourth-order valence-electron chi connectivity index (χ4n) is 1.64. The number of benzene rings is 1. The van der Waals surface area contributed by atoms with Crippen LogP contribution in [-0.4, -0.2) is 36.8 Å². The molecule has 0 unspecified atom stereocenters. The summed E-state index contributed by atoms with van der Waals surface area (Å²) < 4.78 is 9.97. The van der Waals surface area contributed by atoms with E-state index in [0.29, 0.717) is 0 Å². The van der Waals surface area contributed by atoms with Crippen LogP contribution < -0.4 is 5.32 Å². The summed E-state index contributed by atoms with van der Waals surface area (Å²) in [7, 11) is 2.82. The summed E-state index contributed by atoms with van der Waals surface area (Å²) in [5, 5.41) is 14.1. The highest BCUT2D eigenvalue weighted by Gasteiger charge is 2.27. The number of rotatable bonds is 6. The van der Waals surface area contributed by atoms with E-state index in [1.165, 1.54) is 25.3 Å². The van der Waals surface area contributed by atoms with Crippen LogP contribution in [0.2, 0.25) is 0 Å². The zero-order valence-electron chi connectivity index (χ0n) is 12.8. The normalized spacial score (nSPS) is 12.6. The number of methoxy groups -OCH3 is 2. The van der Waals surface area contributed by atoms with Crippen molar-refractivity contribution in [3.63, 3.8) is 0 Å². The van der Waals surface area contributed by atoms with Crippen molar-refractivity contribution >= 4 is 17.3 Å². The van der Waals surface area contributed by atoms with Crippen LogP contribution in [0.5, 0.6) is 0 Å². The highest BCUT2D eigenvalue weighted by molar-refractivity contribution is 5.91. The number of esters is 1. The van der Waals surface area contributed by atoms with Crippen LogP contribution in [-0.2, 0) is 9.47 Å². The Morgan fingerprint density at radius 2 is 2.00 bits per heavy atom. The Hall–Kier alpha value is -2.15. The van der Waals surface area contributed by atoms with Crippen LogP contribution in [0, 0.1) is 10.1 Å². The van der Waals surface area contributed by atoms with Crippen LogP contribution in [0.1, 0.15) is 31.1 Å². The molecular formula is C14H20N2O5. The zero-order chi connectivity index (χ0) is 16.2. The Morgan fingerprint density at radius 3 is 2.48 bits per heavy atom. The third-order valence-electron chi connectivity index (χ3n) is 3.56. The number of carbonyl (C=O) groups is 1. The summed E-state index contributed by atoms with van der Waals surface area (Å²) in [4.78, 5) is 22.1. The maximum atomic E-state index is 11.5. The van der Waals surface area contributed by atoms with E-state index in [-0.39, 0.29) is 23.0 Å². The second-order valence-corrected chi connectivity index (χ2v) is 5.15. The molecule has 21 heavy (non-hydrogen) atoms. The van der Waals surface area contributed by atoms with Crippen molar-refractivity contribution < 1.29 is 19.2 Å². The van der Waals surface area contributed by atoms with Crippen LogP contribution in [0.15, 0.2) is 18.2 Å². The molecule has 0 aliphatic heterocycles. The van der Waals surface area contributed by atoms with E-state index in [2.05, 4.69) is 10.1 Å².